The van der Waals surface area contributed by atoms with E-state index in [0.29, 0.717) is 0 Å². The number of halogens is 1. The maximum Gasteiger partial charge on any atom is 0.293 e. The smallest absolute Gasteiger partial charge is 0.293 e. The van der Waals surface area contributed by atoms with E-state index in [4.69, 9.17) is 0 Å². The van der Waals surface area contributed by atoms with Crippen molar-refractivity contribution in [3.8, 4) is 0 Å². The van der Waals surface area contributed by atoms with Gasteiger partial charge < -0.3 is 5.32 Å². The first-order valence-electron chi connectivity index (χ1n) is 6.17. The van der Waals surface area contributed by atoms with Crippen LogP contribution in [-0.2, 0) is 9.59 Å². The fourth-order valence-corrected chi connectivity index (χ4v) is 1.97. The van der Waals surface area contributed by atoms with Crippen molar-refractivity contribution < 1.29 is 14.9 Å². The van der Waals surface area contributed by atoms with Gasteiger partial charge in [0, 0.05) is 23.4 Å². The average molecular weight is 329 g/mol. The molecule has 0 aliphatic heterocycles. The molecule has 4 N–H and O–H groups in total. The predicted molar refractivity (Wildman–Crippen MR) is 75.9 cm³/mol. The van der Waals surface area contributed by atoms with E-state index in [2.05, 4.69) is 33.7 Å². The summed E-state index contributed by atoms with van der Waals surface area (Å²) < 4.78 is 1.04. The summed E-state index contributed by atoms with van der Waals surface area (Å²) in [5, 5.41) is 1.96. The van der Waals surface area contributed by atoms with Crippen LogP contribution in [0.1, 0.15) is 31.9 Å². The lowest BCUT2D eigenvalue weighted by Gasteiger charge is -2.14. The fraction of sp³-hybridized carbons (Fsp3) is 0.385. The monoisotopic (exact) mass is 328 g/mol. The molecule has 0 aromatic heterocycles. The summed E-state index contributed by atoms with van der Waals surface area (Å²) in [7, 11) is 0. The van der Waals surface area contributed by atoms with Crippen LogP contribution in [0.3, 0.4) is 0 Å². The Labute approximate surface area is 121 Å². The summed E-state index contributed by atoms with van der Waals surface area (Å²) in [6.45, 7) is 3.70. The molecule has 0 saturated carbocycles. The minimum absolute atomic E-state index is 0.217. The zero-order valence-electron chi connectivity index (χ0n) is 11.1. The quantitative estimate of drug-likeness (QED) is 0.693. The predicted octanol–water partition coefficient (Wildman–Crippen LogP) is 0.631. The van der Waals surface area contributed by atoms with E-state index in [1.165, 1.54) is 12.5 Å². The number of nitrogens with two attached hydrogens (primary N) is 1. The Kier molecular flexibility index (Phi) is 6.52. The number of hydrogen-bond acceptors (Lipinski definition) is 2. The van der Waals surface area contributed by atoms with Crippen LogP contribution in [-0.4, -0.2) is 18.4 Å². The van der Waals surface area contributed by atoms with Gasteiger partial charge in [-0.1, -0.05) is 35.0 Å². The van der Waals surface area contributed by atoms with Crippen LogP contribution < -0.4 is 16.2 Å². The second kappa shape index (κ2) is 7.91. The lowest BCUT2D eigenvalue weighted by Crippen LogP contribution is -2.87. The van der Waals surface area contributed by atoms with E-state index in [1.54, 1.807) is 0 Å². The van der Waals surface area contributed by atoms with E-state index in [1.807, 2.05) is 29.6 Å². The number of nitrogens with one attached hydrogen (secondary N) is 2. The lowest BCUT2D eigenvalue weighted by atomic mass is 10.0. The molecule has 1 atom stereocenters. The van der Waals surface area contributed by atoms with Crippen LogP contribution in [0, 0.1) is 0 Å². The highest BCUT2D eigenvalue weighted by atomic mass is 79.9. The third-order valence-electron chi connectivity index (χ3n) is 2.70. The van der Waals surface area contributed by atoms with Gasteiger partial charge >= 0.3 is 0 Å². The van der Waals surface area contributed by atoms with Crippen molar-refractivity contribution in [3.63, 3.8) is 0 Å². The second-order valence-electron chi connectivity index (χ2n) is 4.24. The molecule has 0 aliphatic carbocycles. The number of hydrogen-bond donors (Lipinski definition) is 3. The maximum absolute atomic E-state index is 11.5. The Bertz CT molecular complexity index is 434. The van der Waals surface area contributed by atoms with E-state index in [9.17, 15) is 9.59 Å². The van der Waals surface area contributed by atoms with Crippen LogP contribution in [0.15, 0.2) is 28.7 Å². The molecule has 0 aliphatic rings. The molecular weight excluding hydrogens is 310 g/mol. The summed E-state index contributed by atoms with van der Waals surface area (Å²) in [5.74, 6) is -0.501. The van der Waals surface area contributed by atoms with Crippen LogP contribution in [0.5, 0.6) is 0 Å². The third-order valence-corrected chi connectivity index (χ3v) is 3.23. The van der Waals surface area contributed by atoms with Crippen molar-refractivity contribution in [3.05, 3.63) is 34.3 Å². The van der Waals surface area contributed by atoms with E-state index in [-0.39, 0.29) is 24.4 Å². The Morgan fingerprint density at radius 2 is 1.89 bits per heavy atom. The molecule has 2 amide bonds. The molecule has 1 aromatic carbocycles. The van der Waals surface area contributed by atoms with Gasteiger partial charge in [0.2, 0.25) is 5.91 Å². The summed E-state index contributed by atoms with van der Waals surface area (Å²) in [4.78, 5) is 22.1. The molecule has 5 nitrogen and oxygen atoms in total. The highest BCUT2D eigenvalue weighted by Gasteiger charge is 2.14. The van der Waals surface area contributed by atoms with E-state index >= 15 is 0 Å². The molecule has 0 bridgehead atoms. The lowest BCUT2D eigenvalue weighted by molar-refractivity contribution is -0.686. The molecule has 0 heterocycles. The number of carbonyl (C=O) groups is 2. The first kappa shape index (κ1) is 15.7. The van der Waals surface area contributed by atoms with Crippen molar-refractivity contribution >= 4 is 27.7 Å². The van der Waals surface area contributed by atoms with Crippen molar-refractivity contribution in [1.82, 2.24) is 10.9 Å². The van der Waals surface area contributed by atoms with Crippen LogP contribution in [0.4, 0.5) is 0 Å². The van der Waals surface area contributed by atoms with Crippen molar-refractivity contribution in [2.24, 2.45) is 0 Å². The fourth-order valence-electron chi connectivity index (χ4n) is 1.71. The van der Waals surface area contributed by atoms with Gasteiger partial charge in [0.15, 0.2) is 6.54 Å². The molecule has 0 unspecified atom stereocenters. The first-order valence-corrected chi connectivity index (χ1v) is 6.96. The minimum atomic E-state index is -0.284. The minimum Gasteiger partial charge on any atom is -0.332 e. The average Bonchev–Trinajstić information content (AvgIpc) is 2.39. The number of hydrazine groups is 1. The Morgan fingerprint density at radius 3 is 2.42 bits per heavy atom. The topological polar surface area (TPSA) is 74.8 Å². The van der Waals surface area contributed by atoms with Crippen molar-refractivity contribution in [1.29, 1.82) is 0 Å². The first-order chi connectivity index (χ1) is 9.02. The number of amides is 2. The zero-order chi connectivity index (χ0) is 14.3. The molecule has 19 heavy (non-hydrogen) atoms. The summed E-state index contributed by atoms with van der Waals surface area (Å²) in [5.41, 5.74) is 5.79. The molecule has 1 rings (SSSR count). The summed E-state index contributed by atoms with van der Waals surface area (Å²) >= 11 is 3.40. The highest BCUT2D eigenvalue weighted by molar-refractivity contribution is 9.10. The SMILES string of the molecule is CC[C@@H]([NH2+]CC(=O)NNC(C)=O)c1ccc(Br)cc1. The van der Waals surface area contributed by atoms with Gasteiger partial charge in [0.1, 0.15) is 6.04 Å². The van der Waals surface area contributed by atoms with E-state index in [0.717, 1.165) is 10.9 Å². The van der Waals surface area contributed by atoms with Gasteiger partial charge in [-0.05, 0) is 12.1 Å². The zero-order valence-corrected chi connectivity index (χ0v) is 12.7. The largest absolute Gasteiger partial charge is 0.332 e. The number of rotatable bonds is 5. The van der Waals surface area contributed by atoms with Gasteiger partial charge in [-0.3, -0.25) is 20.4 Å². The molecular formula is C13H19BrN3O2+. The Morgan fingerprint density at radius 1 is 1.26 bits per heavy atom. The Balaban J connectivity index is 2.46. The number of benzene rings is 1. The molecule has 6 heteroatoms. The summed E-state index contributed by atoms with van der Waals surface area (Å²) in [6, 6.07) is 8.30. The number of carbonyl (C=O) groups excluding carboxylic acids is 2. The molecule has 104 valence electrons. The molecule has 0 saturated heterocycles. The van der Waals surface area contributed by atoms with Crippen LogP contribution in [0.25, 0.3) is 0 Å². The van der Waals surface area contributed by atoms with Crippen molar-refractivity contribution in [2.75, 3.05) is 6.54 Å². The standard InChI is InChI=1S/C13H18BrN3O2/c1-3-12(10-4-6-11(14)7-5-10)15-8-13(19)17-16-9(2)18/h4-7,12,15H,3,8H2,1-2H3,(H,16,18)(H,17,19)/p+1/t12-/m1/s1. The maximum atomic E-state index is 11.5. The molecule has 0 fully saturated rings. The summed E-state index contributed by atoms with van der Waals surface area (Å²) in [6.07, 6.45) is 0.926. The highest BCUT2D eigenvalue weighted by Crippen LogP contribution is 2.16. The van der Waals surface area contributed by atoms with Gasteiger partial charge in [-0.25, -0.2) is 0 Å². The van der Waals surface area contributed by atoms with E-state index < -0.39 is 0 Å². The molecule has 0 spiro atoms. The van der Waals surface area contributed by atoms with Gasteiger partial charge in [0.05, 0.1) is 0 Å². The van der Waals surface area contributed by atoms with Gasteiger partial charge in [0.25, 0.3) is 5.91 Å². The normalized spacial score (nSPS) is 11.7. The van der Waals surface area contributed by atoms with Gasteiger partial charge in [-0.15, -0.1) is 0 Å². The van der Waals surface area contributed by atoms with Gasteiger partial charge in [-0.2, -0.15) is 0 Å². The van der Waals surface area contributed by atoms with Crippen LogP contribution in [0.2, 0.25) is 0 Å². The third kappa shape index (κ3) is 5.85. The Hall–Kier alpha value is -1.40. The number of quaternary nitrogens is 1. The molecule has 0 radical (unpaired) electrons. The van der Waals surface area contributed by atoms with Crippen molar-refractivity contribution in [2.45, 2.75) is 26.3 Å². The van der Waals surface area contributed by atoms with Crippen LogP contribution >= 0.6 is 15.9 Å². The second-order valence-corrected chi connectivity index (χ2v) is 5.15. The molecule has 1 aromatic rings.